The van der Waals surface area contributed by atoms with E-state index in [2.05, 4.69) is 5.32 Å². The second-order valence-electron chi connectivity index (χ2n) is 7.53. The summed E-state index contributed by atoms with van der Waals surface area (Å²) in [7, 11) is 0. The number of carboxylic acid groups (broad SMARTS) is 1. The number of rotatable bonds is 9. The number of allylic oxidation sites excluding steroid dienone is 2. The zero-order chi connectivity index (χ0) is 23.8. The Kier molecular flexibility index (Phi) is 8.57. The zero-order valence-corrected chi connectivity index (χ0v) is 19.7. The predicted molar refractivity (Wildman–Crippen MR) is 134 cm³/mol. The summed E-state index contributed by atoms with van der Waals surface area (Å²) in [5.41, 5.74) is 2.75. The fraction of sp³-hybridized carbons (Fsp3) is 0.200. The molecule has 1 atom stereocenters. The summed E-state index contributed by atoms with van der Waals surface area (Å²) in [5.74, 6) is -1.81. The van der Waals surface area contributed by atoms with Gasteiger partial charge in [0, 0.05) is 19.4 Å². The number of carboxylic acids is 1. The minimum Gasteiger partial charge on any atom is -0.480 e. The van der Waals surface area contributed by atoms with Gasteiger partial charge in [-0.15, -0.1) is 0 Å². The van der Waals surface area contributed by atoms with Crippen LogP contribution in [-0.2, 0) is 20.8 Å². The van der Waals surface area contributed by atoms with Gasteiger partial charge in [-0.05, 0) is 29.7 Å². The molecule has 0 spiro atoms. The number of amides is 2. The quantitative estimate of drug-likeness (QED) is 0.416. The van der Waals surface area contributed by atoms with E-state index in [-0.39, 0.29) is 25.3 Å². The Balaban J connectivity index is 1.57. The van der Waals surface area contributed by atoms with E-state index in [0.29, 0.717) is 9.23 Å². The van der Waals surface area contributed by atoms with Gasteiger partial charge in [0.15, 0.2) is 0 Å². The second-order valence-corrected chi connectivity index (χ2v) is 9.21. The van der Waals surface area contributed by atoms with Crippen LogP contribution in [0.25, 0.3) is 6.08 Å². The van der Waals surface area contributed by atoms with Crippen molar-refractivity contribution in [3.05, 3.63) is 88.3 Å². The van der Waals surface area contributed by atoms with Crippen LogP contribution in [0, 0.1) is 0 Å². The SMILES string of the molecule is CC(=C/c1ccccc1)/C=C1/SC(=S)N(CCC(=O)NC(Cc2ccccc2)C(=O)O)C1=O. The molecule has 1 unspecified atom stereocenters. The maximum atomic E-state index is 12.8. The first kappa shape index (κ1) is 24.4. The van der Waals surface area contributed by atoms with Crippen molar-refractivity contribution < 1.29 is 19.5 Å². The van der Waals surface area contributed by atoms with Gasteiger partial charge in [0.25, 0.3) is 5.91 Å². The third-order valence-electron chi connectivity index (χ3n) is 4.90. The highest BCUT2D eigenvalue weighted by molar-refractivity contribution is 8.26. The molecule has 1 aliphatic rings. The van der Waals surface area contributed by atoms with Gasteiger partial charge in [-0.3, -0.25) is 14.5 Å². The van der Waals surface area contributed by atoms with Gasteiger partial charge in [-0.1, -0.05) is 90.7 Å². The van der Waals surface area contributed by atoms with Crippen LogP contribution in [0.1, 0.15) is 24.5 Å². The summed E-state index contributed by atoms with van der Waals surface area (Å²) < 4.78 is 0.380. The van der Waals surface area contributed by atoms with Gasteiger partial charge >= 0.3 is 5.97 Å². The third-order valence-corrected chi connectivity index (χ3v) is 6.28. The van der Waals surface area contributed by atoms with Crippen LogP contribution in [0.5, 0.6) is 0 Å². The molecule has 0 saturated carbocycles. The second kappa shape index (κ2) is 11.6. The molecule has 2 amide bonds. The smallest absolute Gasteiger partial charge is 0.326 e. The van der Waals surface area contributed by atoms with E-state index in [1.165, 1.54) is 16.7 Å². The number of carbonyl (C=O) groups is 3. The molecule has 8 heteroatoms. The lowest BCUT2D eigenvalue weighted by Gasteiger charge is -2.17. The van der Waals surface area contributed by atoms with E-state index >= 15 is 0 Å². The van der Waals surface area contributed by atoms with Crippen molar-refractivity contribution in [3.8, 4) is 0 Å². The van der Waals surface area contributed by atoms with E-state index in [4.69, 9.17) is 12.2 Å². The van der Waals surface area contributed by atoms with Gasteiger partial charge in [-0.2, -0.15) is 0 Å². The summed E-state index contributed by atoms with van der Waals surface area (Å²) in [4.78, 5) is 38.6. The minimum absolute atomic E-state index is 0.0445. The average molecular weight is 481 g/mol. The summed E-state index contributed by atoms with van der Waals surface area (Å²) in [6, 6.07) is 17.8. The highest BCUT2D eigenvalue weighted by Gasteiger charge is 2.32. The number of benzene rings is 2. The highest BCUT2D eigenvalue weighted by atomic mass is 32.2. The molecule has 1 heterocycles. The number of thioether (sulfide) groups is 1. The van der Waals surface area contributed by atoms with Crippen molar-refractivity contribution in [3.63, 3.8) is 0 Å². The van der Waals surface area contributed by atoms with Crippen LogP contribution < -0.4 is 5.32 Å². The van der Waals surface area contributed by atoms with Crippen LogP contribution in [0.2, 0.25) is 0 Å². The maximum Gasteiger partial charge on any atom is 0.326 e. The molecule has 0 aliphatic carbocycles. The monoisotopic (exact) mass is 480 g/mol. The van der Waals surface area contributed by atoms with Gasteiger partial charge in [0.05, 0.1) is 4.91 Å². The molecule has 1 fully saturated rings. The van der Waals surface area contributed by atoms with Crippen molar-refractivity contribution >= 4 is 52.2 Å². The number of thiocarbonyl (C=S) groups is 1. The van der Waals surface area contributed by atoms with E-state index in [1.54, 1.807) is 6.08 Å². The molecule has 6 nitrogen and oxygen atoms in total. The van der Waals surface area contributed by atoms with Crippen molar-refractivity contribution in [2.45, 2.75) is 25.8 Å². The molecule has 2 N–H and O–H groups in total. The highest BCUT2D eigenvalue weighted by Crippen LogP contribution is 2.32. The molecule has 2 aromatic carbocycles. The standard InChI is InChI=1S/C25H24N2O4S2/c1-17(14-18-8-4-2-5-9-18)15-21-23(29)27(25(32)33-21)13-12-22(28)26-20(24(30)31)16-19-10-6-3-7-11-19/h2-11,14-15,20H,12-13,16H2,1H3,(H,26,28)(H,30,31)/b17-14-,21-15+. The zero-order valence-electron chi connectivity index (χ0n) is 18.1. The molecule has 0 bridgehead atoms. The Bertz CT molecular complexity index is 1100. The molecule has 1 saturated heterocycles. The number of aliphatic carboxylic acids is 1. The molecule has 0 aromatic heterocycles. The Morgan fingerprint density at radius 1 is 1.12 bits per heavy atom. The van der Waals surface area contributed by atoms with Crippen molar-refractivity contribution in [1.29, 1.82) is 0 Å². The molecule has 33 heavy (non-hydrogen) atoms. The number of hydrogen-bond acceptors (Lipinski definition) is 5. The molecule has 3 rings (SSSR count). The van der Waals surface area contributed by atoms with E-state index in [1.807, 2.05) is 73.7 Å². The van der Waals surface area contributed by atoms with Crippen LogP contribution in [0.4, 0.5) is 0 Å². The Morgan fingerprint density at radius 2 is 1.76 bits per heavy atom. The van der Waals surface area contributed by atoms with Gasteiger partial charge < -0.3 is 10.4 Å². The van der Waals surface area contributed by atoms with Gasteiger partial charge in [-0.25, -0.2) is 4.79 Å². The van der Waals surface area contributed by atoms with Crippen molar-refractivity contribution in [2.75, 3.05) is 6.54 Å². The maximum absolute atomic E-state index is 12.8. The lowest BCUT2D eigenvalue weighted by atomic mass is 10.1. The van der Waals surface area contributed by atoms with E-state index in [0.717, 1.165) is 16.7 Å². The number of nitrogens with zero attached hydrogens (tertiary/aromatic N) is 1. The lowest BCUT2D eigenvalue weighted by Crippen LogP contribution is -2.43. The van der Waals surface area contributed by atoms with E-state index < -0.39 is 17.9 Å². The molecule has 0 radical (unpaired) electrons. The Morgan fingerprint density at radius 3 is 2.39 bits per heavy atom. The summed E-state index contributed by atoms with van der Waals surface area (Å²) in [6.07, 6.45) is 3.89. The van der Waals surface area contributed by atoms with Gasteiger partial charge in [0.1, 0.15) is 10.4 Å². The molecule has 1 aliphatic heterocycles. The Hall–Kier alpha value is -3.23. The first-order valence-electron chi connectivity index (χ1n) is 10.4. The topological polar surface area (TPSA) is 86.7 Å². The fourth-order valence-corrected chi connectivity index (χ4v) is 4.64. The third kappa shape index (κ3) is 7.13. The van der Waals surface area contributed by atoms with Crippen LogP contribution in [0.3, 0.4) is 0 Å². The molecule has 170 valence electrons. The van der Waals surface area contributed by atoms with Crippen LogP contribution in [0.15, 0.2) is 77.2 Å². The largest absolute Gasteiger partial charge is 0.480 e. The normalized spacial score (nSPS) is 16.2. The summed E-state index contributed by atoms with van der Waals surface area (Å²) in [5, 5.41) is 12.0. The molecule has 2 aromatic rings. The first-order valence-corrected chi connectivity index (χ1v) is 11.6. The van der Waals surface area contributed by atoms with Crippen LogP contribution >= 0.6 is 24.0 Å². The number of hydrogen-bond donors (Lipinski definition) is 2. The van der Waals surface area contributed by atoms with Crippen LogP contribution in [-0.4, -0.2) is 44.7 Å². The predicted octanol–water partition coefficient (Wildman–Crippen LogP) is 4.04. The summed E-state index contributed by atoms with van der Waals surface area (Å²) in [6.45, 7) is 2.00. The fourth-order valence-electron chi connectivity index (χ4n) is 3.28. The number of nitrogens with one attached hydrogen (secondary N) is 1. The lowest BCUT2D eigenvalue weighted by molar-refractivity contribution is -0.141. The summed E-state index contributed by atoms with van der Waals surface area (Å²) >= 11 is 6.52. The molecular formula is C25H24N2O4S2. The van der Waals surface area contributed by atoms with Crippen molar-refractivity contribution in [2.24, 2.45) is 0 Å². The molecular weight excluding hydrogens is 456 g/mol. The first-order chi connectivity index (χ1) is 15.8. The minimum atomic E-state index is -1.11. The van der Waals surface area contributed by atoms with Crippen molar-refractivity contribution in [1.82, 2.24) is 10.2 Å². The van der Waals surface area contributed by atoms with Gasteiger partial charge in [0.2, 0.25) is 5.91 Å². The van der Waals surface area contributed by atoms with E-state index in [9.17, 15) is 19.5 Å². The average Bonchev–Trinajstić information content (AvgIpc) is 3.05. The number of carbonyl (C=O) groups excluding carboxylic acids is 2. The Labute approximate surface area is 202 Å².